The maximum atomic E-state index is 6.12. The molecule has 0 aromatic carbocycles. The zero-order valence-corrected chi connectivity index (χ0v) is 22.4. The Morgan fingerprint density at radius 1 is 0.806 bits per heavy atom. The maximum Gasteiger partial charge on any atom is 0.123 e. The van der Waals surface area contributed by atoms with Crippen molar-refractivity contribution in [1.29, 1.82) is 0 Å². The van der Waals surface area contributed by atoms with Crippen molar-refractivity contribution in [2.75, 3.05) is 19.8 Å². The average Bonchev–Trinajstić information content (AvgIpc) is 3.29. The second-order valence-corrected chi connectivity index (χ2v) is 22.1. The summed E-state index contributed by atoms with van der Waals surface area (Å²) in [6, 6.07) is 2.34. The van der Waals surface area contributed by atoms with Crippen LogP contribution in [0.1, 0.15) is 11.6 Å². The van der Waals surface area contributed by atoms with Crippen molar-refractivity contribution >= 4 is 16.1 Å². The fourth-order valence-corrected chi connectivity index (χ4v) is 4.65. The Morgan fingerprint density at radius 3 is 1.58 bits per heavy atom. The first-order chi connectivity index (χ1) is 14.6. The van der Waals surface area contributed by atoms with Gasteiger partial charge in [0, 0.05) is 67.0 Å². The number of imidazole rings is 2. The summed E-state index contributed by atoms with van der Waals surface area (Å²) in [5.74, 6) is 2.31. The van der Waals surface area contributed by atoms with Crippen molar-refractivity contribution in [3.05, 3.63) is 36.4 Å². The minimum Gasteiger partial charge on any atom is -0.361 e. The second kappa shape index (κ2) is 12.1. The van der Waals surface area contributed by atoms with Gasteiger partial charge in [0.1, 0.15) is 25.1 Å². The number of nitrogens with zero attached hydrogens (tertiary/aromatic N) is 4. The van der Waals surface area contributed by atoms with E-state index < -0.39 is 16.1 Å². The van der Waals surface area contributed by atoms with Gasteiger partial charge in [0.15, 0.2) is 0 Å². The molecule has 0 aliphatic heterocycles. The highest BCUT2D eigenvalue weighted by Gasteiger charge is 2.17. The van der Waals surface area contributed by atoms with Crippen molar-refractivity contribution in [3.8, 4) is 0 Å². The number of hydrogen-bond acceptors (Lipinski definition) is 5. The zero-order valence-electron chi connectivity index (χ0n) is 20.4. The summed E-state index contributed by atoms with van der Waals surface area (Å²) < 4.78 is 16.0. The molecule has 0 atom stereocenters. The van der Waals surface area contributed by atoms with E-state index in [2.05, 4.69) is 58.4 Å². The summed E-state index contributed by atoms with van der Waals surface area (Å²) in [6.07, 6.45) is 9.29. The van der Waals surface area contributed by atoms with Gasteiger partial charge in [-0.3, -0.25) is 0 Å². The Balaban J connectivity index is 1.85. The molecule has 2 aromatic heterocycles. The third-order valence-corrected chi connectivity index (χ3v) is 8.74. The highest BCUT2D eigenvalue weighted by Crippen LogP contribution is 2.14. The van der Waals surface area contributed by atoms with E-state index in [9.17, 15) is 0 Å². The number of aromatic nitrogens is 4. The average molecular weight is 466 g/mol. The summed E-state index contributed by atoms with van der Waals surface area (Å²) in [4.78, 5) is 9.11. The molecule has 2 rings (SSSR count). The first-order valence-corrected chi connectivity index (χ1v) is 18.8. The first-order valence-electron chi connectivity index (χ1n) is 11.4. The number of hydrogen-bond donors (Lipinski definition) is 1. The van der Waals surface area contributed by atoms with Crippen LogP contribution in [0.25, 0.3) is 0 Å². The molecule has 0 spiro atoms. The molecular formula is C22H43N5O2Si2. The van der Waals surface area contributed by atoms with E-state index in [1.165, 1.54) is 12.1 Å². The van der Waals surface area contributed by atoms with Crippen molar-refractivity contribution in [2.24, 2.45) is 11.7 Å². The van der Waals surface area contributed by atoms with Crippen LogP contribution in [0.15, 0.2) is 24.8 Å². The van der Waals surface area contributed by atoms with Gasteiger partial charge in [0.05, 0.1) is 0 Å². The van der Waals surface area contributed by atoms with Crippen molar-refractivity contribution < 1.29 is 9.47 Å². The number of nitrogens with two attached hydrogens (primary N) is 1. The molecule has 0 unspecified atom stereocenters. The molecule has 0 bridgehead atoms. The summed E-state index contributed by atoms with van der Waals surface area (Å²) in [5.41, 5.74) is 6.12. The van der Waals surface area contributed by atoms with Crippen molar-refractivity contribution in [3.63, 3.8) is 0 Å². The Labute approximate surface area is 190 Å². The van der Waals surface area contributed by atoms with Crippen LogP contribution >= 0.6 is 0 Å². The van der Waals surface area contributed by atoms with E-state index in [1.807, 2.05) is 24.8 Å². The lowest BCUT2D eigenvalue weighted by molar-refractivity contribution is 0.0837. The van der Waals surface area contributed by atoms with Crippen LogP contribution in [0.4, 0.5) is 0 Å². The minimum absolute atomic E-state index is 0.270. The Bertz CT molecular complexity index is 702. The van der Waals surface area contributed by atoms with Crippen LogP contribution in [0, 0.1) is 5.92 Å². The van der Waals surface area contributed by atoms with Crippen LogP contribution < -0.4 is 5.73 Å². The van der Waals surface area contributed by atoms with Gasteiger partial charge < -0.3 is 24.3 Å². The smallest absolute Gasteiger partial charge is 0.123 e. The maximum absolute atomic E-state index is 6.12. The van der Waals surface area contributed by atoms with Crippen LogP contribution in [-0.2, 0) is 35.8 Å². The SMILES string of the molecule is C[Si](C)(C)CCOCn1ccnc1CC(CN)Cc1nccn1COCC[Si](C)(C)C. The van der Waals surface area contributed by atoms with Gasteiger partial charge >= 0.3 is 0 Å². The predicted octanol–water partition coefficient (Wildman–Crippen LogP) is 4.06. The van der Waals surface area contributed by atoms with E-state index in [0.29, 0.717) is 20.0 Å². The Morgan fingerprint density at radius 2 is 1.23 bits per heavy atom. The molecule has 0 fully saturated rings. The lowest BCUT2D eigenvalue weighted by atomic mass is 10.0. The molecule has 2 N–H and O–H groups in total. The van der Waals surface area contributed by atoms with Crippen LogP contribution in [0.3, 0.4) is 0 Å². The molecule has 7 nitrogen and oxygen atoms in total. The summed E-state index contributed by atoms with van der Waals surface area (Å²) in [6.45, 7) is 17.5. The largest absolute Gasteiger partial charge is 0.361 e. The molecule has 0 aliphatic carbocycles. The fraction of sp³-hybridized carbons (Fsp3) is 0.727. The Hall–Kier alpha value is -1.27. The van der Waals surface area contributed by atoms with Gasteiger partial charge in [-0.1, -0.05) is 39.3 Å². The highest BCUT2D eigenvalue weighted by atomic mass is 28.3. The lowest BCUT2D eigenvalue weighted by Gasteiger charge is -2.18. The van der Waals surface area contributed by atoms with Crippen molar-refractivity contribution in [2.45, 2.75) is 77.7 Å². The molecule has 2 aromatic rings. The number of ether oxygens (including phenoxy) is 2. The topological polar surface area (TPSA) is 80.1 Å². The summed E-state index contributed by atoms with van der Waals surface area (Å²) in [7, 11) is -2.15. The second-order valence-electron chi connectivity index (χ2n) is 10.8. The van der Waals surface area contributed by atoms with E-state index in [-0.39, 0.29) is 5.92 Å². The zero-order chi connectivity index (χ0) is 22.9. The summed E-state index contributed by atoms with van der Waals surface area (Å²) in [5, 5.41) is 0. The molecule has 0 radical (unpaired) electrons. The van der Waals surface area contributed by atoms with Crippen LogP contribution in [-0.4, -0.2) is 55.0 Å². The van der Waals surface area contributed by atoms with E-state index >= 15 is 0 Å². The van der Waals surface area contributed by atoms with Gasteiger partial charge in [-0.25, -0.2) is 9.97 Å². The van der Waals surface area contributed by atoms with E-state index in [0.717, 1.165) is 37.7 Å². The molecule has 0 amide bonds. The molecule has 9 heteroatoms. The predicted molar refractivity (Wildman–Crippen MR) is 133 cm³/mol. The molecule has 0 aliphatic rings. The Kier molecular flexibility index (Phi) is 10.1. The molecule has 176 valence electrons. The fourth-order valence-electron chi connectivity index (χ4n) is 3.13. The van der Waals surface area contributed by atoms with Crippen LogP contribution in [0.5, 0.6) is 0 Å². The van der Waals surface area contributed by atoms with Gasteiger partial charge in [-0.05, 0) is 24.6 Å². The van der Waals surface area contributed by atoms with Gasteiger partial charge in [-0.2, -0.15) is 0 Å². The minimum atomic E-state index is -1.07. The van der Waals surface area contributed by atoms with Gasteiger partial charge in [0.25, 0.3) is 0 Å². The highest BCUT2D eigenvalue weighted by molar-refractivity contribution is 6.76. The normalized spacial score (nSPS) is 12.8. The molecule has 31 heavy (non-hydrogen) atoms. The van der Waals surface area contributed by atoms with Crippen molar-refractivity contribution in [1.82, 2.24) is 19.1 Å². The monoisotopic (exact) mass is 465 g/mol. The summed E-state index contributed by atoms with van der Waals surface area (Å²) >= 11 is 0. The molecule has 0 saturated heterocycles. The lowest BCUT2D eigenvalue weighted by Crippen LogP contribution is -2.24. The first kappa shape index (κ1) is 26.0. The van der Waals surface area contributed by atoms with E-state index in [4.69, 9.17) is 15.2 Å². The van der Waals surface area contributed by atoms with E-state index in [1.54, 1.807) is 0 Å². The third-order valence-electron chi connectivity index (χ3n) is 5.33. The molecule has 2 heterocycles. The molecule has 0 saturated carbocycles. The number of rotatable bonds is 15. The van der Waals surface area contributed by atoms with Gasteiger partial charge in [0.2, 0.25) is 0 Å². The van der Waals surface area contributed by atoms with Crippen LogP contribution in [0.2, 0.25) is 51.4 Å². The standard InChI is InChI=1S/C22H43N5O2Si2/c1-30(2,3)13-11-28-18-26-9-7-24-21(26)15-20(17-23)16-22-25-8-10-27(22)19-29-12-14-31(4,5)6/h7-10,20H,11-19,23H2,1-6H3. The molecular weight excluding hydrogens is 422 g/mol. The quantitative estimate of drug-likeness (QED) is 0.317. The van der Waals surface area contributed by atoms with Gasteiger partial charge in [-0.15, -0.1) is 0 Å². The third kappa shape index (κ3) is 10.3.